The smallest absolute Gasteiger partial charge is 0.208 e. The molecular formula is C16H16ClNO3S. The highest BCUT2D eigenvalue weighted by molar-refractivity contribution is 7.91. The van der Waals surface area contributed by atoms with Gasteiger partial charge in [0.25, 0.3) is 0 Å². The van der Waals surface area contributed by atoms with Crippen LogP contribution in [0.1, 0.15) is 22.1 Å². The van der Waals surface area contributed by atoms with E-state index in [9.17, 15) is 13.2 Å². The zero-order valence-electron chi connectivity index (χ0n) is 12.2. The van der Waals surface area contributed by atoms with Crippen LogP contribution in [-0.2, 0) is 14.6 Å². The van der Waals surface area contributed by atoms with Crippen molar-refractivity contribution in [2.24, 2.45) is 0 Å². The molecule has 22 heavy (non-hydrogen) atoms. The number of aryl methyl sites for hydroxylation is 2. The summed E-state index contributed by atoms with van der Waals surface area (Å²) in [5.74, 6) is 0. The van der Waals surface area contributed by atoms with E-state index in [2.05, 4.69) is 5.32 Å². The van der Waals surface area contributed by atoms with Crippen LogP contribution in [0.25, 0.3) is 0 Å². The molecule has 0 aliphatic heterocycles. The van der Waals surface area contributed by atoms with Gasteiger partial charge in [-0.1, -0.05) is 41.4 Å². The highest BCUT2D eigenvalue weighted by atomic mass is 35.5. The van der Waals surface area contributed by atoms with Crippen molar-refractivity contribution < 1.29 is 13.2 Å². The van der Waals surface area contributed by atoms with Gasteiger partial charge in [0.1, 0.15) is 0 Å². The van der Waals surface area contributed by atoms with Crippen molar-refractivity contribution in [2.75, 3.05) is 0 Å². The van der Waals surface area contributed by atoms with Crippen LogP contribution in [-0.4, -0.2) is 14.8 Å². The molecule has 2 aromatic rings. The summed E-state index contributed by atoms with van der Waals surface area (Å²) >= 11 is 5.97. The van der Waals surface area contributed by atoms with Crippen molar-refractivity contribution in [2.45, 2.75) is 24.1 Å². The molecule has 1 N–H and O–H groups in total. The Morgan fingerprint density at radius 2 is 1.73 bits per heavy atom. The Morgan fingerprint density at radius 3 is 2.27 bits per heavy atom. The molecule has 116 valence electrons. The van der Waals surface area contributed by atoms with Crippen LogP contribution in [0.15, 0.2) is 47.4 Å². The number of rotatable bonds is 5. The molecule has 1 atom stereocenters. The van der Waals surface area contributed by atoms with E-state index in [4.69, 9.17) is 11.6 Å². The predicted molar refractivity (Wildman–Crippen MR) is 86.5 cm³/mol. The number of nitrogens with one attached hydrogen (secondary N) is 1. The standard InChI is InChI=1S/C16H16ClNO3S/c1-11-3-6-14(7-4-11)22(20,21)16(18-10-19)13-5-8-15(17)12(2)9-13/h3-10,16H,1-2H3,(H,18,19). The molecule has 2 aromatic carbocycles. The quantitative estimate of drug-likeness (QED) is 0.852. The van der Waals surface area contributed by atoms with Gasteiger partial charge in [-0.05, 0) is 43.2 Å². The van der Waals surface area contributed by atoms with Crippen LogP contribution in [0.4, 0.5) is 0 Å². The van der Waals surface area contributed by atoms with Gasteiger partial charge < -0.3 is 5.32 Å². The van der Waals surface area contributed by atoms with Crippen molar-refractivity contribution in [3.63, 3.8) is 0 Å². The van der Waals surface area contributed by atoms with Gasteiger partial charge in [-0.25, -0.2) is 8.42 Å². The molecule has 4 nitrogen and oxygen atoms in total. The maximum absolute atomic E-state index is 12.8. The van der Waals surface area contributed by atoms with Crippen LogP contribution in [0, 0.1) is 13.8 Å². The van der Waals surface area contributed by atoms with Crippen LogP contribution >= 0.6 is 11.6 Å². The van der Waals surface area contributed by atoms with E-state index in [-0.39, 0.29) is 4.90 Å². The largest absolute Gasteiger partial charge is 0.338 e. The van der Waals surface area contributed by atoms with Crippen molar-refractivity contribution in [3.05, 3.63) is 64.2 Å². The Morgan fingerprint density at radius 1 is 1.09 bits per heavy atom. The summed E-state index contributed by atoms with van der Waals surface area (Å²) in [4.78, 5) is 11.0. The molecule has 0 radical (unpaired) electrons. The summed E-state index contributed by atoms with van der Waals surface area (Å²) in [6.07, 6.45) is 0.389. The van der Waals surface area contributed by atoms with E-state index in [1.165, 1.54) is 12.1 Å². The summed E-state index contributed by atoms with van der Waals surface area (Å²) in [5, 5.41) is 1.78. The first-order valence-corrected chi connectivity index (χ1v) is 8.55. The second-order valence-corrected chi connectivity index (χ2v) is 7.47. The topological polar surface area (TPSA) is 63.2 Å². The van der Waals surface area contributed by atoms with Crippen molar-refractivity contribution in [1.82, 2.24) is 5.32 Å². The first kappa shape index (κ1) is 16.5. The number of benzene rings is 2. The van der Waals surface area contributed by atoms with Crippen molar-refractivity contribution in [3.8, 4) is 0 Å². The number of carbonyl (C=O) groups excluding carboxylic acids is 1. The molecule has 0 saturated heterocycles. The van der Waals surface area contributed by atoms with Gasteiger partial charge in [0.15, 0.2) is 5.37 Å². The lowest BCUT2D eigenvalue weighted by Crippen LogP contribution is -2.28. The summed E-state index contributed by atoms with van der Waals surface area (Å²) < 4.78 is 25.6. The number of halogens is 1. The van der Waals surface area contributed by atoms with Crippen LogP contribution in [0.5, 0.6) is 0 Å². The molecule has 2 rings (SSSR count). The molecule has 0 heterocycles. The maximum atomic E-state index is 12.8. The van der Waals surface area contributed by atoms with Crippen LogP contribution in [0.3, 0.4) is 0 Å². The van der Waals surface area contributed by atoms with Gasteiger partial charge in [0, 0.05) is 5.02 Å². The summed E-state index contributed by atoms with van der Waals surface area (Å²) in [7, 11) is -3.75. The Hall–Kier alpha value is -1.85. The van der Waals surface area contributed by atoms with Crippen LogP contribution in [0.2, 0.25) is 5.02 Å². The average Bonchev–Trinajstić information content (AvgIpc) is 2.48. The van der Waals surface area contributed by atoms with E-state index in [1.807, 2.05) is 6.92 Å². The van der Waals surface area contributed by atoms with Crippen molar-refractivity contribution >= 4 is 27.8 Å². The lowest BCUT2D eigenvalue weighted by Gasteiger charge is -2.18. The second kappa shape index (κ2) is 6.50. The third-order valence-electron chi connectivity index (χ3n) is 3.36. The minimum atomic E-state index is -3.75. The molecule has 0 saturated carbocycles. The number of carbonyl (C=O) groups is 1. The Kier molecular flexibility index (Phi) is 4.88. The normalized spacial score (nSPS) is 12.7. The minimum absolute atomic E-state index is 0.157. The van der Waals surface area contributed by atoms with E-state index in [0.29, 0.717) is 17.0 Å². The summed E-state index contributed by atoms with van der Waals surface area (Å²) in [6.45, 7) is 3.66. The third-order valence-corrected chi connectivity index (χ3v) is 5.75. The van der Waals surface area contributed by atoms with Crippen molar-refractivity contribution in [1.29, 1.82) is 0 Å². The molecule has 0 fully saturated rings. The van der Waals surface area contributed by atoms with E-state index < -0.39 is 15.2 Å². The maximum Gasteiger partial charge on any atom is 0.208 e. The lowest BCUT2D eigenvalue weighted by atomic mass is 10.1. The Labute approximate surface area is 135 Å². The van der Waals surface area contributed by atoms with E-state index in [0.717, 1.165) is 11.1 Å². The fourth-order valence-electron chi connectivity index (χ4n) is 2.12. The molecule has 0 aromatic heterocycles. The minimum Gasteiger partial charge on any atom is -0.338 e. The fraction of sp³-hybridized carbons (Fsp3) is 0.188. The first-order valence-electron chi connectivity index (χ1n) is 6.62. The average molecular weight is 338 g/mol. The van der Waals surface area contributed by atoms with Gasteiger partial charge in [0.05, 0.1) is 4.90 Å². The lowest BCUT2D eigenvalue weighted by molar-refractivity contribution is -0.109. The fourth-order valence-corrected chi connectivity index (χ4v) is 3.77. The second-order valence-electron chi connectivity index (χ2n) is 5.03. The Bertz CT molecular complexity index is 786. The van der Waals surface area contributed by atoms with Gasteiger partial charge in [-0.15, -0.1) is 0 Å². The number of sulfone groups is 1. The molecule has 0 aliphatic rings. The molecule has 0 spiro atoms. The monoisotopic (exact) mass is 337 g/mol. The van der Waals surface area contributed by atoms with Gasteiger partial charge in [-0.2, -0.15) is 0 Å². The predicted octanol–water partition coefficient (Wildman–Crippen LogP) is 3.18. The molecule has 1 unspecified atom stereocenters. The summed E-state index contributed by atoms with van der Waals surface area (Å²) in [6, 6.07) is 11.4. The number of hydrogen-bond donors (Lipinski definition) is 1. The van der Waals surface area contributed by atoms with E-state index in [1.54, 1.807) is 37.3 Å². The van der Waals surface area contributed by atoms with Gasteiger partial charge in [-0.3, -0.25) is 4.79 Å². The third kappa shape index (κ3) is 3.31. The molecule has 1 amide bonds. The van der Waals surface area contributed by atoms with Gasteiger partial charge in [0.2, 0.25) is 16.2 Å². The molecule has 0 aliphatic carbocycles. The number of hydrogen-bond acceptors (Lipinski definition) is 3. The van der Waals surface area contributed by atoms with E-state index >= 15 is 0 Å². The Balaban J connectivity index is 2.52. The zero-order valence-corrected chi connectivity index (χ0v) is 13.8. The zero-order chi connectivity index (χ0) is 16.3. The molecule has 0 bridgehead atoms. The molecule has 6 heteroatoms. The first-order chi connectivity index (χ1) is 10.4. The highest BCUT2D eigenvalue weighted by Gasteiger charge is 2.29. The highest BCUT2D eigenvalue weighted by Crippen LogP contribution is 2.29. The SMILES string of the molecule is Cc1ccc(S(=O)(=O)C(NC=O)c2ccc(Cl)c(C)c2)cc1. The summed E-state index contributed by atoms with van der Waals surface area (Å²) in [5.41, 5.74) is 2.17. The number of amides is 1. The van der Waals surface area contributed by atoms with Gasteiger partial charge >= 0.3 is 0 Å². The molecular weight excluding hydrogens is 322 g/mol. The van der Waals surface area contributed by atoms with Crippen LogP contribution < -0.4 is 5.32 Å².